The molecule has 1 aromatic heterocycles. The Hall–Kier alpha value is -1.91. The summed E-state index contributed by atoms with van der Waals surface area (Å²) in [5, 5.41) is 9.48. The van der Waals surface area contributed by atoms with E-state index < -0.39 is 11.4 Å². The second kappa shape index (κ2) is 6.24. The van der Waals surface area contributed by atoms with Gasteiger partial charge in [-0.25, -0.2) is 4.98 Å². The summed E-state index contributed by atoms with van der Waals surface area (Å²) in [5.74, 6) is -0.834. The molecular weight excluding hydrogens is 268 g/mol. The van der Waals surface area contributed by atoms with Gasteiger partial charge in [0.15, 0.2) is 0 Å². The van der Waals surface area contributed by atoms with Crippen molar-refractivity contribution in [3.05, 3.63) is 29.6 Å². The van der Waals surface area contributed by atoms with Crippen LogP contribution >= 0.6 is 0 Å². The lowest BCUT2D eigenvalue weighted by Gasteiger charge is -2.38. The number of aryl methyl sites for hydroxylation is 1. The average molecular weight is 290 g/mol. The van der Waals surface area contributed by atoms with E-state index in [1.807, 2.05) is 26.0 Å². The third kappa shape index (κ3) is 3.23. The standard InChI is InChI=1S/C16H22N2O3/c1-3-7-16(15(20)21)8-10-18(11-9-16)14(19)13-6-4-5-12(2)17-13/h4-6H,3,7-11H2,1-2H3,(H,20,21). The van der Waals surface area contributed by atoms with E-state index in [0.29, 0.717) is 38.0 Å². The van der Waals surface area contributed by atoms with Gasteiger partial charge in [0, 0.05) is 18.8 Å². The first-order chi connectivity index (χ1) is 9.98. The molecule has 1 saturated heterocycles. The number of likely N-dealkylation sites (tertiary alicyclic amines) is 1. The molecule has 1 fully saturated rings. The van der Waals surface area contributed by atoms with Crippen LogP contribution in [-0.4, -0.2) is 40.0 Å². The molecule has 0 unspecified atom stereocenters. The van der Waals surface area contributed by atoms with Gasteiger partial charge in [-0.1, -0.05) is 19.4 Å². The Morgan fingerprint density at radius 1 is 1.33 bits per heavy atom. The first-order valence-electron chi connectivity index (χ1n) is 7.45. The first-order valence-corrected chi connectivity index (χ1v) is 7.45. The topological polar surface area (TPSA) is 70.5 Å². The van der Waals surface area contributed by atoms with Crippen LogP contribution in [0.15, 0.2) is 18.2 Å². The highest BCUT2D eigenvalue weighted by atomic mass is 16.4. The number of piperidine rings is 1. The number of aromatic nitrogens is 1. The van der Waals surface area contributed by atoms with Crippen LogP contribution in [-0.2, 0) is 4.79 Å². The number of carboxylic acids is 1. The molecule has 0 aliphatic carbocycles. The Labute approximate surface area is 125 Å². The highest BCUT2D eigenvalue weighted by molar-refractivity contribution is 5.92. The lowest BCUT2D eigenvalue weighted by Crippen LogP contribution is -2.46. The van der Waals surface area contributed by atoms with Crippen molar-refractivity contribution in [2.24, 2.45) is 5.41 Å². The van der Waals surface area contributed by atoms with Crippen LogP contribution < -0.4 is 0 Å². The fourth-order valence-electron chi connectivity index (χ4n) is 3.01. The number of hydrogen-bond acceptors (Lipinski definition) is 3. The summed E-state index contributed by atoms with van der Waals surface area (Å²) in [6, 6.07) is 5.38. The Bertz CT molecular complexity index is 534. The molecule has 0 radical (unpaired) electrons. The van der Waals surface area contributed by atoms with Crippen molar-refractivity contribution in [2.45, 2.75) is 39.5 Å². The predicted octanol–water partition coefficient (Wildman–Crippen LogP) is 2.50. The summed E-state index contributed by atoms with van der Waals surface area (Å²) in [6.45, 7) is 4.82. The predicted molar refractivity (Wildman–Crippen MR) is 79.1 cm³/mol. The Balaban J connectivity index is 2.06. The van der Waals surface area contributed by atoms with Crippen molar-refractivity contribution in [3.8, 4) is 0 Å². The normalized spacial score (nSPS) is 17.5. The van der Waals surface area contributed by atoms with E-state index in [2.05, 4.69) is 4.98 Å². The van der Waals surface area contributed by atoms with Crippen molar-refractivity contribution in [1.82, 2.24) is 9.88 Å². The number of nitrogens with zero attached hydrogens (tertiary/aromatic N) is 2. The molecule has 1 amide bonds. The number of carbonyl (C=O) groups is 2. The highest BCUT2D eigenvalue weighted by Crippen LogP contribution is 2.36. The van der Waals surface area contributed by atoms with E-state index >= 15 is 0 Å². The molecule has 2 heterocycles. The minimum absolute atomic E-state index is 0.103. The van der Waals surface area contributed by atoms with E-state index in [-0.39, 0.29) is 5.91 Å². The first kappa shape index (κ1) is 15.5. The van der Waals surface area contributed by atoms with E-state index in [0.717, 1.165) is 12.1 Å². The van der Waals surface area contributed by atoms with Gasteiger partial charge in [0.1, 0.15) is 5.69 Å². The summed E-state index contributed by atoms with van der Waals surface area (Å²) >= 11 is 0. The van der Waals surface area contributed by atoms with Gasteiger partial charge in [0.25, 0.3) is 5.91 Å². The lowest BCUT2D eigenvalue weighted by molar-refractivity contribution is -0.152. The van der Waals surface area contributed by atoms with Gasteiger partial charge in [0.2, 0.25) is 0 Å². The van der Waals surface area contributed by atoms with Crippen LogP contribution in [0.4, 0.5) is 0 Å². The maximum atomic E-state index is 12.4. The van der Waals surface area contributed by atoms with Crippen LogP contribution in [0.3, 0.4) is 0 Å². The number of amides is 1. The summed E-state index contributed by atoms with van der Waals surface area (Å²) in [6.07, 6.45) is 2.56. The zero-order valence-electron chi connectivity index (χ0n) is 12.6. The third-order valence-electron chi connectivity index (χ3n) is 4.30. The van der Waals surface area contributed by atoms with Crippen molar-refractivity contribution in [2.75, 3.05) is 13.1 Å². The van der Waals surface area contributed by atoms with E-state index in [9.17, 15) is 14.7 Å². The molecule has 21 heavy (non-hydrogen) atoms. The van der Waals surface area contributed by atoms with Crippen LogP contribution in [0, 0.1) is 12.3 Å². The molecule has 114 valence electrons. The number of rotatable bonds is 4. The smallest absolute Gasteiger partial charge is 0.309 e. The van der Waals surface area contributed by atoms with E-state index in [1.165, 1.54) is 0 Å². The van der Waals surface area contributed by atoms with Gasteiger partial charge in [-0.2, -0.15) is 0 Å². The van der Waals surface area contributed by atoms with E-state index in [4.69, 9.17) is 0 Å². The van der Waals surface area contributed by atoms with Crippen molar-refractivity contribution in [1.29, 1.82) is 0 Å². The van der Waals surface area contributed by atoms with Crippen LogP contribution in [0.25, 0.3) is 0 Å². The molecule has 1 aromatic rings. The minimum Gasteiger partial charge on any atom is -0.481 e. The van der Waals surface area contributed by atoms with Crippen molar-refractivity contribution < 1.29 is 14.7 Å². The monoisotopic (exact) mass is 290 g/mol. The number of aliphatic carboxylic acids is 1. The third-order valence-corrected chi connectivity index (χ3v) is 4.30. The van der Waals surface area contributed by atoms with Crippen molar-refractivity contribution >= 4 is 11.9 Å². The van der Waals surface area contributed by atoms with Crippen LogP contribution in [0.1, 0.15) is 48.8 Å². The van der Waals surface area contributed by atoms with Crippen LogP contribution in [0.5, 0.6) is 0 Å². The molecular formula is C16H22N2O3. The number of carboxylic acid groups (broad SMARTS) is 1. The van der Waals surface area contributed by atoms with Gasteiger partial charge < -0.3 is 10.0 Å². The Kier molecular flexibility index (Phi) is 4.60. The Morgan fingerprint density at radius 2 is 2.00 bits per heavy atom. The molecule has 5 nitrogen and oxygen atoms in total. The Morgan fingerprint density at radius 3 is 2.52 bits per heavy atom. The molecule has 1 aliphatic heterocycles. The van der Waals surface area contributed by atoms with E-state index in [1.54, 1.807) is 11.0 Å². The fraction of sp³-hybridized carbons (Fsp3) is 0.562. The average Bonchev–Trinajstić information content (AvgIpc) is 2.47. The second-order valence-electron chi connectivity index (χ2n) is 5.79. The molecule has 5 heteroatoms. The van der Waals surface area contributed by atoms with Gasteiger partial charge >= 0.3 is 5.97 Å². The molecule has 1 N–H and O–H groups in total. The summed E-state index contributed by atoms with van der Waals surface area (Å²) in [4.78, 5) is 29.9. The lowest BCUT2D eigenvalue weighted by atomic mass is 9.75. The van der Waals surface area contributed by atoms with Crippen LogP contribution in [0.2, 0.25) is 0 Å². The molecule has 2 rings (SSSR count). The molecule has 0 saturated carbocycles. The number of carbonyl (C=O) groups excluding carboxylic acids is 1. The molecule has 0 aromatic carbocycles. The molecule has 0 atom stereocenters. The van der Waals surface area contributed by atoms with Gasteiger partial charge in [-0.3, -0.25) is 9.59 Å². The summed E-state index contributed by atoms with van der Waals surface area (Å²) < 4.78 is 0. The molecule has 0 spiro atoms. The minimum atomic E-state index is -0.731. The number of pyridine rings is 1. The quantitative estimate of drug-likeness (QED) is 0.925. The van der Waals surface area contributed by atoms with Gasteiger partial charge in [0.05, 0.1) is 5.41 Å². The SMILES string of the molecule is CCCC1(C(=O)O)CCN(C(=O)c2cccc(C)n2)CC1. The summed E-state index contributed by atoms with van der Waals surface area (Å²) in [5.41, 5.74) is 0.586. The second-order valence-corrected chi connectivity index (χ2v) is 5.79. The van der Waals surface area contributed by atoms with Gasteiger partial charge in [-0.05, 0) is 38.3 Å². The van der Waals surface area contributed by atoms with Gasteiger partial charge in [-0.15, -0.1) is 0 Å². The summed E-state index contributed by atoms with van der Waals surface area (Å²) in [7, 11) is 0. The fourth-order valence-corrected chi connectivity index (χ4v) is 3.01. The molecule has 1 aliphatic rings. The molecule has 0 bridgehead atoms. The number of hydrogen-bond donors (Lipinski definition) is 1. The largest absolute Gasteiger partial charge is 0.481 e. The van der Waals surface area contributed by atoms with Crippen molar-refractivity contribution in [3.63, 3.8) is 0 Å². The highest BCUT2D eigenvalue weighted by Gasteiger charge is 2.41. The maximum absolute atomic E-state index is 12.4. The zero-order valence-corrected chi connectivity index (χ0v) is 12.6. The zero-order chi connectivity index (χ0) is 15.5. The maximum Gasteiger partial charge on any atom is 0.309 e.